The summed E-state index contributed by atoms with van der Waals surface area (Å²) in [6, 6.07) is 4.75. The highest BCUT2D eigenvalue weighted by Crippen LogP contribution is 2.50. The Morgan fingerprint density at radius 3 is 2.17 bits per heavy atom. The minimum absolute atomic E-state index is 0.248. The van der Waals surface area contributed by atoms with Crippen molar-refractivity contribution in [2.75, 3.05) is 11.6 Å². The van der Waals surface area contributed by atoms with E-state index in [1.165, 1.54) is 54.5 Å². The fourth-order valence-corrected chi connectivity index (χ4v) is 5.02. The lowest BCUT2D eigenvalue weighted by atomic mass is 9.95. The molecule has 24 heavy (non-hydrogen) atoms. The van der Waals surface area contributed by atoms with Gasteiger partial charge in [0.1, 0.15) is 0 Å². The van der Waals surface area contributed by atoms with Gasteiger partial charge in [0.15, 0.2) is 5.17 Å². The molecule has 0 aromatic heterocycles. The molecular formula is C21H32N2S. The second-order valence-corrected chi connectivity index (χ2v) is 8.26. The maximum absolute atomic E-state index is 5.24. The Morgan fingerprint density at radius 2 is 1.75 bits per heavy atom. The van der Waals surface area contributed by atoms with E-state index in [2.05, 4.69) is 44.5 Å². The summed E-state index contributed by atoms with van der Waals surface area (Å²) >= 11 is 1.77. The zero-order valence-electron chi connectivity index (χ0n) is 15.7. The van der Waals surface area contributed by atoms with E-state index in [1.54, 1.807) is 11.8 Å². The summed E-state index contributed by atoms with van der Waals surface area (Å²) in [7, 11) is 0. The topological polar surface area (TPSA) is 24.4 Å². The number of nitrogens with one attached hydrogen (secondary N) is 1. The van der Waals surface area contributed by atoms with Crippen molar-refractivity contribution < 1.29 is 0 Å². The van der Waals surface area contributed by atoms with Crippen LogP contribution < -0.4 is 5.32 Å². The van der Waals surface area contributed by atoms with Gasteiger partial charge in [-0.2, -0.15) is 0 Å². The van der Waals surface area contributed by atoms with Gasteiger partial charge in [0.25, 0.3) is 0 Å². The third-order valence-electron chi connectivity index (χ3n) is 6.00. The molecule has 2 bridgehead atoms. The van der Waals surface area contributed by atoms with Gasteiger partial charge in [0.2, 0.25) is 0 Å². The molecule has 2 nitrogen and oxygen atoms in total. The molecule has 3 rings (SSSR count). The fraction of sp³-hybridized carbons (Fsp3) is 0.667. The number of rotatable bonds is 5. The van der Waals surface area contributed by atoms with E-state index < -0.39 is 0 Å². The number of hydrogen-bond donors (Lipinski definition) is 1. The molecule has 1 N–H and O–H groups in total. The van der Waals surface area contributed by atoms with Crippen molar-refractivity contribution >= 4 is 22.6 Å². The highest BCUT2D eigenvalue weighted by molar-refractivity contribution is 8.13. The second kappa shape index (κ2) is 7.51. The molecule has 2 fully saturated rings. The normalized spacial score (nSPS) is 26.2. The van der Waals surface area contributed by atoms with Crippen LogP contribution >= 0.6 is 11.8 Å². The van der Waals surface area contributed by atoms with E-state index in [0.717, 1.165) is 30.3 Å². The van der Waals surface area contributed by atoms with Crippen LogP contribution in [0.2, 0.25) is 0 Å². The fourth-order valence-electron chi connectivity index (χ4n) is 4.53. The van der Waals surface area contributed by atoms with Gasteiger partial charge >= 0.3 is 0 Å². The number of nitrogens with zero attached hydrogens (tertiary/aromatic N) is 1. The van der Waals surface area contributed by atoms with Crippen LogP contribution in [0.4, 0.5) is 5.69 Å². The molecule has 2 aliphatic rings. The standard InChI is InChI=1S/C21H32N2S/c1-5-15-12-17(6-2)19(18(7-3)13-15)22-20(24-4)23-21-10-8-16(14-21)9-11-21/h12-13,16H,5-11,14H2,1-4H3,(H,22,23). The largest absolute Gasteiger partial charge is 0.335 e. The lowest BCUT2D eigenvalue weighted by Gasteiger charge is -2.24. The van der Waals surface area contributed by atoms with Crippen molar-refractivity contribution in [3.05, 3.63) is 28.8 Å². The molecule has 3 heteroatoms. The van der Waals surface area contributed by atoms with E-state index in [9.17, 15) is 0 Å². The second-order valence-electron chi connectivity index (χ2n) is 7.47. The number of hydrogen-bond acceptors (Lipinski definition) is 2. The number of benzene rings is 1. The molecule has 2 aliphatic carbocycles. The van der Waals surface area contributed by atoms with Crippen LogP contribution in [0.3, 0.4) is 0 Å². The van der Waals surface area contributed by atoms with Crippen LogP contribution in [0.15, 0.2) is 17.1 Å². The molecule has 0 unspecified atom stereocenters. The van der Waals surface area contributed by atoms with Gasteiger partial charge in [-0.25, -0.2) is 0 Å². The predicted octanol–water partition coefficient (Wildman–Crippen LogP) is 5.84. The first-order valence-corrected chi connectivity index (χ1v) is 10.9. The Labute approximate surface area is 151 Å². The molecule has 0 heterocycles. The summed E-state index contributed by atoms with van der Waals surface area (Å²) in [6.45, 7) is 6.75. The summed E-state index contributed by atoms with van der Waals surface area (Å²) in [4.78, 5) is 5.24. The highest BCUT2D eigenvalue weighted by Gasteiger charge is 2.45. The van der Waals surface area contributed by atoms with Crippen LogP contribution in [0, 0.1) is 5.92 Å². The predicted molar refractivity (Wildman–Crippen MR) is 108 cm³/mol. The first kappa shape index (κ1) is 17.8. The van der Waals surface area contributed by atoms with E-state index in [4.69, 9.17) is 4.99 Å². The summed E-state index contributed by atoms with van der Waals surface area (Å²) < 4.78 is 0. The minimum Gasteiger partial charge on any atom is -0.335 e. The Morgan fingerprint density at radius 1 is 1.12 bits per heavy atom. The van der Waals surface area contributed by atoms with Crippen LogP contribution in [-0.4, -0.2) is 17.0 Å². The van der Waals surface area contributed by atoms with Gasteiger partial charge in [-0.3, -0.25) is 4.99 Å². The van der Waals surface area contributed by atoms with Gasteiger partial charge in [-0.1, -0.05) is 44.7 Å². The summed E-state index contributed by atoms with van der Waals surface area (Å²) in [5.41, 5.74) is 5.87. The van der Waals surface area contributed by atoms with Crippen molar-refractivity contribution in [2.45, 2.75) is 77.7 Å². The average molecular weight is 345 g/mol. The SMILES string of the molecule is CCc1cc(CC)c(NC(=NC23CCC(CC2)C3)SC)c(CC)c1. The van der Waals surface area contributed by atoms with Crippen molar-refractivity contribution in [1.29, 1.82) is 0 Å². The molecule has 1 aromatic carbocycles. The van der Waals surface area contributed by atoms with Crippen LogP contribution in [-0.2, 0) is 19.3 Å². The quantitative estimate of drug-likeness (QED) is 0.536. The number of aliphatic imine (C=N–C) groups is 1. The summed E-state index contributed by atoms with van der Waals surface area (Å²) in [5.74, 6) is 0.943. The number of thioether (sulfide) groups is 1. The van der Waals surface area contributed by atoms with Gasteiger partial charge in [-0.05, 0) is 80.2 Å². The zero-order valence-corrected chi connectivity index (χ0v) is 16.6. The number of anilines is 1. The first-order valence-electron chi connectivity index (χ1n) is 9.68. The van der Waals surface area contributed by atoms with E-state index >= 15 is 0 Å². The van der Waals surface area contributed by atoms with Crippen molar-refractivity contribution in [3.8, 4) is 0 Å². The van der Waals surface area contributed by atoms with Gasteiger partial charge < -0.3 is 5.32 Å². The molecule has 0 spiro atoms. The van der Waals surface area contributed by atoms with Gasteiger partial charge in [0.05, 0.1) is 5.54 Å². The molecule has 0 atom stereocenters. The smallest absolute Gasteiger partial charge is 0.161 e. The Balaban J connectivity index is 1.90. The van der Waals surface area contributed by atoms with Crippen LogP contribution in [0.5, 0.6) is 0 Å². The number of aryl methyl sites for hydroxylation is 3. The Hall–Kier alpha value is -0.960. The Bertz CT molecular complexity index is 587. The third-order valence-corrected chi connectivity index (χ3v) is 6.58. The maximum atomic E-state index is 5.24. The van der Waals surface area contributed by atoms with Gasteiger partial charge in [-0.15, -0.1) is 0 Å². The van der Waals surface area contributed by atoms with Crippen molar-refractivity contribution in [1.82, 2.24) is 0 Å². The average Bonchev–Trinajstić information content (AvgIpc) is 3.21. The molecule has 0 saturated heterocycles. The zero-order chi connectivity index (χ0) is 17.2. The van der Waals surface area contributed by atoms with Crippen LogP contribution in [0.25, 0.3) is 0 Å². The van der Waals surface area contributed by atoms with E-state index in [-0.39, 0.29) is 5.54 Å². The summed E-state index contributed by atoms with van der Waals surface area (Å²) in [5, 5.41) is 4.85. The molecule has 0 aliphatic heterocycles. The molecule has 0 amide bonds. The Kier molecular flexibility index (Phi) is 5.59. The first-order chi connectivity index (χ1) is 11.6. The summed E-state index contributed by atoms with van der Waals surface area (Å²) in [6.07, 6.45) is 12.1. The number of amidine groups is 1. The lowest BCUT2D eigenvalue weighted by Crippen LogP contribution is -2.24. The molecular weight excluding hydrogens is 312 g/mol. The monoisotopic (exact) mass is 344 g/mol. The van der Waals surface area contributed by atoms with Gasteiger partial charge in [0, 0.05) is 5.69 Å². The molecule has 2 saturated carbocycles. The van der Waals surface area contributed by atoms with Crippen molar-refractivity contribution in [2.24, 2.45) is 10.9 Å². The molecule has 132 valence electrons. The third kappa shape index (κ3) is 3.51. The van der Waals surface area contributed by atoms with Crippen molar-refractivity contribution in [3.63, 3.8) is 0 Å². The molecule has 1 aromatic rings. The highest BCUT2D eigenvalue weighted by atomic mass is 32.2. The molecule has 0 radical (unpaired) electrons. The van der Waals surface area contributed by atoms with E-state index in [1.807, 2.05) is 0 Å². The minimum atomic E-state index is 0.248. The maximum Gasteiger partial charge on any atom is 0.161 e. The van der Waals surface area contributed by atoms with E-state index in [0.29, 0.717) is 0 Å². The van der Waals surface area contributed by atoms with Crippen LogP contribution in [0.1, 0.15) is 69.6 Å². The number of fused-ring (bicyclic) bond motifs is 2. The lowest BCUT2D eigenvalue weighted by molar-refractivity contribution is 0.422.